The van der Waals surface area contributed by atoms with Crippen molar-refractivity contribution in [3.05, 3.63) is 48.2 Å². The van der Waals surface area contributed by atoms with E-state index in [0.29, 0.717) is 22.9 Å². The van der Waals surface area contributed by atoms with Gasteiger partial charge in [-0.2, -0.15) is 5.26 Å². The molecular formula is C13H10N2O2. The maximum atomic E-state index is 8.65. The molecule has 4 heteroatoms. The van der Waals surface area contributed by atoms with Crippen molar-refractivity contribution >= 4 is 0 Å². The average Bonchev–Trinajstić information content (AvgIpc) is 2.40. The van der Waals surface area contributed by atoms with Gasteiger partial charge in [0.1, 0.15) is 6.07 Å². The minimum absolute atomic E-state index is 0.425. The van der Waals surface area contributed by atoms with Crippen LogP contribution in [0.3, 0.4) is 0 Å². The maximum Gasteiger partial charge on any atom is 0.219 e. The smallest absolute Gasteiger partial charge is 0.219 e. The molecule has 0 aliphatic heterocycles. The summed E-state index contributed by atoms with van der Waals surface area (Å²) in [7, 11) is 1.58. The Morgan fingerprint density at radius 3 is 2.47 bits per heavy atom. The minimum Gasteiger partial charge on any atom is -0.493 e. The third kappa shape index (κ3) is 2.52. The van der Waals surface area contributed by atoms with Crippen molar-refractivity contribution < 1.29 is 9.47 Å². The molecule has 0 atom stereocenters. The summed E-state index contributed by atoms with van der Waals surface area (Å²) < 4.78 is 10.7. The Balaban J connectivity index is 2.22. The molecule has 0 radical (unpaired) electrons. The highest BCUT2D eigenvalue weighted by atomic mass is 16.5. The Hall–Kier alpha value is -2.54. The zero-order valence-electron chi connectivity index (χ0n) is 9.25. The molecule has 0 saturated carbocycles. The number of aromatic nitrogens is 1. The fourth-order valence-electron chi connectivity index (χ4n) is 1.32. The van der Waals surface area contributed by atoms with E-state index in [1.807, 2.05) is 18.2 Å². The SMILES string of the molecule is COc1ccccc1Oc1ccc(C#N)cn1. The number of pyridine rings is 1. The first-order valence-electron chi connectivity index (χ1n) is 5.00. The van der Waals surface area contributed by atoms with Crippen LogP contribution in [0.1, 0.15) is 5.56 Å². The molecule has 2 rings (SSSR count). The largest absolute Gasteiger partial charge is 0.493 e. The Labute approximate surface area is 99.1 Å². The number of nitriles is 1. The molecule has 0 aliphatic rings. The van der Waals surface area contributed by atoms with Crippen molar-refractivity contribution in [3.8, 4) is 23.4 Å². The third-order valence-corrected chi connectivity index (χ3v) is 2.15. The lowest BCUT2D eigenvalue weighted by molar-refractivity contribution is 0.374. The third-order valence-electron chi connectivity index (χ3n) is 2.15. The standard InChI is InChI=1S/C13H10N2O2/c1-16-11-4-2-3-5-12(11)17-13-7-6-10(8-14)9-15-13/h2-7,9H,1H3. The zero-order valence-corrected chi connectivity index (χ0v) is 9.25. The zero-order chi connectivity index (χ0) is 12.1. The number of ether oxygens (including phenoxy) is 2. The fraction of sp³-hybridized carbons (Fsp3) is 0.0769. The predicted molar refractivity (Wildman–Crippen MR) is 62.0 cm³/mol. The van der Waals surface area contributed by atoms with E-state index >= 15 is 0 Å². The molecular weight excluding hydrogens is 216 g/mol. The van der Waals surface area contributed by atoms with Gasteiger partial charge in [0.15, 0.2) is 11.5 Å². The van der Waals surface area contributed by atoms with Crippen LogP contribution in [0.15, 0.2) is 42.6 Å². The van der Waals surface area contributed by atoms with Crippen molar-refractivity contribution in [3.63, 3.8) is 0 Å². The monoisotopic (exact) mass is 226 g/mol. The van der Waals surface area contributed by atoms with E-state index in [1.54, 1.807) is 31.4 Å². The average molecular weight is 226 g/mol. The summed E-state index contributed by atoms with van der Waals surface area (Å²) in [4.78, 5) is 4.02. The van der Waals surface area contributed by atoms with Gasteiger partial charge in [-0.05, 0) is 18.2 Å². The van der Waals surface area contributed by atoms with Crippen molar-refractivity contribution in [1.82, 2.24) is 4.98 Å². The van der Waals surface area contributed by atoms with Gasteiger partial charge in [0.05, 0.1) is 12.7 Å². The van der Waals surface area contributed by atoms with Gasteiger partial charge in [-0.15, -0.1) is 0 Å². The van der Waals surface area contributed by atoms with E-state index in [4.69, 9.17) is 14.7 Å². The van der Waals surface area contributed by atoms with Gasteiger partial charge in [0.25, 0.3) is 0 Å². The summed E-state index contributed by atoms with van der Waals surface area (Å²) in [6, 6.07) is 12.6. The summed E-state index contributed by atoms with van der Waals surface area (Å²) in [6.45, 7) is 0. The highest BCUT2D eigenvalue weighted by Gasteiger charge is 2.04. The highest BCUT2D eigenvalue weighted by Crippen LogP contribution is 2.29. The lowest BCUT2D eigenvalue weighted by Gasteiger charge is -2.08. The van der Waals surface area contributed by atoms with Crippen molar-refractivity contribution in [2.45, 2.75) is 0 Å². The van der Waals surface area contributed by atoms with E-state index < -0.39 is 0 Å². The number of hydrogen-bond acceptors (Lipinski definition) is 4. The molecule has 4 nitrogen and oxygen atoms in total. The van der Waals surface area contributed by atoms with Crippen LogP contribution >= 0.6 is 0 Å². The highest BCUT2D eigenvalue weighted by molar-refractivity contribution is 5.41. The molecule has 17 heavy (non-hydrogen) atoms. The van der Waals surface area contributed by atoms with Crippen LogP contribution in [0, 0.1) is 11.3 Å². The molecule has 2 aromatic rings. The van der Waals surface area contributed by atoms with E-state index in [-0.39, 0.29) is 0 Å². The number of hydrogen-bond donors (Lipinski definition) is 0. The first kappa shape index (κ1) is 11.0. The number of nitrogens with zero attached hydrogens (tertiary/aromatic N) is 2. The van der Waals surface area contributed by atoms with Crippen LogP contribution in [0.5, 0.6) is 17.4 Å². The Bertz CT molecular complexity index is 544. The van der Waals surface area contributed by atoms with E-state index in [9.17, 15) is 0 Å². The van der Waals surface area contributed by atoms with Gasteiger partial charge in [-0.25, -0.2) is 4.98 Å². The molecule has 1 heterocycles. The van der Waals surface area contributed by atoms with Crippen LogP contribution in [-0.4, -0.2) is 12.1 Å². The van der Waals surface area contributed by atoms with Crippen LogP contribution in [0.4, 0.5) is 0 Å². The fourth-order valence-corrected chi connectivity index (χ4v) is 1.32. The van der Waals surface area contributed by atoms with Crippen molar-refractivity contribution in [2.24, 2.45) is 0 Å². The molecule has 0 amide bonds. The maximum absolute atomic E-state index is 8.65. The Morgan fingerprint density at radius 1 is 1.12 bits per heavy atom. The summed E-state index contributed by atoms with van der Waals surface area (Å²) in [6.07, 6.45) is 1.46. The number of benzene rings is 1. The second-order valence-electron chi connectivity index (χ2n) is 3.25. The second kappa shape index (κ2) is 4.99. The number of rotatable bonds is 3. The lowest BCUT2D eigenvalue weighted by atomic mass is 10.3. The molecule has 0 saturated heterocycles. The summed E-state index contributed by atoms with van der Waals surface area (Å²) in [5.41, 5.74) is 0.498. The van der Waals surface area contributed by atoms with Gasteiger partial charge in [0.2, 0.25) is 5.88 Å². The minimum atomic E-state index is 0.425. The first-order valence-corrected chi connectivity index (χ1v) is 5.00. The predicted octanol–water partition coefficient (Wildman–Crippen LogP) is 2.75. The normalized spacial score (nSPS) is 9.41. The summed E-state index contributed by atoms with van der Waals surface area (Å²) in [5.74, 6) is 1.65. The Morgan fingerprint density at radius 2 is 1.88 bits per heavy atom. The van der Waals surface area contributed by atoms with E-state index in [1.165, 1.54) is 6.20 Å². The van der Waals surface area contributed by atoms with Crippen LogP contribution < -0.4 is 9.47 Å². The molecule has 1 aromatic carbocycles. The van der Waals surface area contributed by atoms with Crippen LogP contribution in [0.2, 0.25) is 0 Å². The molecule has 1 aromatic heterocycles. The Kier molecular flexibility index (Phi) is 3.22. The molecule has 0 spiro atoms. The molecule has 0 unspecified atom stereocenters. The quantitative estimate of drug-likeness (QED) is 0.807. The molecule has 0 bridgehead atoms. The summed E-state index contributed by atoms with van der Waals surface area (Å²) in [5, 5.41) is 8.65. The van der Waals surface area contributed by atoms with Gasteiger partial charge in [0, 0.05) is 12.3 Å². The van der Waals surface area contributed by atoms with Gasteiger partial charge in [-0.3, -0.25) is 0 Å². The first-order chi connectivity index (χ1) is 8.33. The molecule has 0 fully saturated rings. The van der Waals surface area contributed by atoms with Gasteiger partial charge >= 0.3 is 0 Å². The molecule has 0 aliphatic carbocycles. The lowest BCUT2D eigenvalue weighted by Crippen LogP contribution is -1.91. The number of para-hydroxylation sites is 2. The second-order valence-corrected chi connectivity index (χ2v) is 3.25. The van der Waals surface area contributed by atoms with Gasteiger partial charge < -0.3 is 9.47 Å². The van der Waals surface area contributed by atoms with Crippen LogP contribution in [-0.2, 0) is 0 Å². The summed E-state index contributed by atoms with van der Waals surface area (Å²) >= 11 is 0. The van der Waals surface area contributed by atoms with Crippen LogP contribution in [0.25, 0.3) is 0 Å². The van der Waals surface area contributed by atoms with E-state index in [2.05, 4.69) is 4.98 Å². The molecule has 84 valence electrons. The van der Waals surface area contributed by atoms with Gasteiger partial charge in [-0.1, -0.05) is 12.1 Å². The van der Waals surface area contributed by atoms with E-state index in [0.717, 1.165) is 0 Å². The molecule has 0 N–H and O–H groups in total. The number of methoxy groups -OCH3 is 1. The topological polar surface area (TPSA) is 55.1 Å². The van der Waals surface area contributed by atoms with Crippen molar-refractivity contribution in [2.75, 3.05) is 7.11 Å². The van der Waals surface area contributed by atoms with Crippen molar-refractivity contribution in [1.29, 1.82) is 5.26 Å².